The van der Waals surface area contributed by atoms with Crippen molar-refractivity contribution in [3.63, 3.8) is 0 Å². The fourth-order valence-electron chi connectivity index (χ4n) is 1.91. The Morgan fingerprint density at radius 3 is 2.58 bits per heavy atom. The number of rotatable bonds is 5. The Labute approximate surface area is 143 Å². The van der Waals surface area contributed by atoms with Crippen LogP contribution in [0.3, 0.4) is 0 Å². The summed E-state index contributed by atoms with van der Waals surface area (Å²) >= 11 is 5.67. The zero-order valence-corrected chi connectivity index (χ0v) is 14.5. The van der Waals surface area contributed by atoms with Crippen LogP contribution in [0.4, 0.5) is 10.5 Å². The molecule has 2 unspecified atom stereocenters. The quantitative estimate of drug-likeness (QED) is 0.414. The number of amides is 1. The Morgan fingerprint density at radius 2 is 2.08 bits per heavy atom. The highest BCUT2D eigenvalue weighted by molar-refractivity contribution is 6.31. The fraction of sp³-hybridized carbons (Fsp3) is 0.571. The van der Waals surface area contributed by atoms with E-state index in [-0.39, 0.29) is 22.8 Å². The van der Waals surface area contributed by atoms with Crippen molar-refractivity contribution < 1.29 is 24.7 Å². The number of aliphatic hydroxyl groups is 2. The predicted molar refractivity (Wildman–Crippen MR) is 85.8 cm³/mol. The molecule has 0 aliphatic rings. The van der Waals surface area contributed by atoms with Gasteiger partial charge in [0.25, 0.3) is 0 Å². The van der Waals surface area contributed by atoms with Crippen molar-refractivity contribution in [2.45, 2.75) is 45.5 Å². The number of aromatic nitrogens is 1. The molecule has 9 nitrogen and oxygen atoms in total. The van der Waals surface area contributed by atoms with Gasteiger partial charge in [-0.3, -0.25) is 10.1 Å². The van der Waals surface area contributed by atoms with Crippen LogP contribution >= 0.6 is 11.6 Å². The molecule has 10 heteroatoms. The second-order valence-corrected chi connectivity index (χ2v) is 6.49. The van der Waals surface area contributed by atoms with Gasteiger partial charge in [-0.25, -0.2) is 9.78 Å². The summed E-state index contributed by atoms with van der Waals surface area (Å²) in [6, 6.07) is 0. The maximum Gasteiger partial charge on any atom is 0.407 e. The van der Waals surface area contributed by atoms with Gasteiger partial charge in [-0.05, 0) is 27.7 Å². The highest BCUT2D eigenvalue weighted by Crippen LogP contribution is 2.32. The molecule has 0 saturated heterocycles. The standard InChI is InChI=1S/C14H20ClN3O6/c1-7-8(5-16-12(15)10(7)18(22)23)11(20)9(19)6-17-13(21)24-14(2,3)4/h5,9,11,19-20H,6H2,1-4H3,(H,17,21). The number of alkyl carbamates (subject to hydrolysis) is 1. The normalized spacial score (nSPS) is 14.0. The molecule has 1 heterocycles. The molecule has 1 rings (SSSR count). The molecule has 0 bridgehead atoms. The Hall–Kier alpha value is -1.97. The zero-order valence-electron chi connectivity index (χ0n) is 13.7. The second-order valence-electron chi connectivity index (χ2n) is 6.13. The number of nitrogens with one attached hydrogen (secondary N) is 1. The van der Waals surface area contributed by atoms with Crippen LogP contribution in [0.5, 0.6) is 0 Å². The van der Waals surface area contributed by atoms with E-state index in [2.05, 4.69) is 10.3 Å². The van der Waals surface area contributed by atoms with Crippen LogP contribution in [0, 0.1) is 17.0 Å². The van der Waals surface area contributed by atoms with Gasteiger partial charge in [-0.15, -0.1) is 0 Å². The van der Waals surface area contributed by atoms with E-state index in [0.29, 0.717) is 0 Å². The minimum absolute atomic E-state index is 0.0459. The number of nitrogens with zero attached hydrogens (tertiary/aromatic N) is 2. The Bertz CT molecular complexity index is 632. The Balaban J connectivity index is 2.83. The molecule has 1 amide bonds. The van der Waals surface area contributed by atoms with Gasteiger partial charge in [0, 0.05) is 23.9 Å². The van der Waals surface area contributed by atoms with Crippen molar-refractivity contribution in [1.29, 1.82) is 0 Å². The summed E-state index contributed by atoms with van der Waals surface area (Å²) in [6.07, 6.45) is -2.53. The molecule has 0 aliphatic heterocycles. The number of ether oxygens (including phenoxy) is 1. The zero-order chi connectivity index (χ0) is 18.7. The molecule has 2 atom stereocenters. The average molecular weight is 362 g/mol. The van der Waals surface area contributed by atoms with Crippen molar-refractivity contribution in [2.24, 2.45) is 0 Å². The van der Waals surface area contributed by atoms with Gasteiger partial charge in [-0.2, -0.15) is 0 Å². The lowest BCUT2D eigenvalue weighted by Gasteiger charge is -2.22. The first-order chi connectivity index (χ1) is 10.9. The van der Waals surface area contributed by atoms with Crippen molar-refractivity contribution in [2.75, 3.05) is 6.54 Å². The van der Waals surface area contributed by atoms with Crippen molar-refractivity contribution in [3.8, 4) is 0 Å². The number of nitro groups is 1. The van der Waals surface area contributed by atoms with Gasteiger partial charge in [0.05, 0.1) is 4.92 Å². The number of aliphatic hydroxyl groups excluding tert-OH is 2. The summed E-state index contributed by atoms with van der Waals surface area (Å²) < 4.78 is 5.00. The summed E-state index contributed by atoms with van der Waals surface area (Å²) in [7, 11) is 0. The first-order valence-corrected chi connectivity index (χ1v) is 7.44. The van der Waals surface area contributed by atoms with E-state index in [9.17, 15) is 25.1 Å². The third-order valence-corrected chi connectivity index (χ3v) is 3.30. The molecule has 0 aromatic carbocycles. The third-order valence-electron chi connectivity index (χ3n) is 3.02. The van der Waals surface area contributed by atoms with Crippen LogP contribution in [0.1, 0.15) is 38.0 Å². The number of halogens is 1. The van der Waals surface area contributed by atoms with E-state index in [1.54, 1.807) is 20.8 Å². The van der Waals surface area contributed by atoms with Crippen LogP contribution in [0.15, 0.2) is 6.20 Å². The van der Waals surface area contributed by atoms with Gasteiger partial charge < -0.3 is 20.3 Å². The van der Waals surface area contributed by atoms with Crippen LogP contribution in [0.2, 0.25) is 5.15 Å². The molecular weight excluding hydrogens is 342 g/mol. The minimum atomic E-state index is -1.50. The lowest BCUT2D eigenvalue weighted by atomic mass is 10.0. The molecule has 3 N–H and O–H groups in total. The topological polar surface area (TPSA) is 135 Å². The van der Waals surface area contributed by atoms with E-state index in [1.165, 1.54) is 6.92 Å². The second kappa shape index (κ2) is 7.73. The maximum atomic E-state index is 11.5. The van der Waals surface area contributed by atoms with Crippen LogP contribution in [-0.4, -0.2) is 44.5 Å². The predicted octanol–water partition coefficient (Wildman–Crippen LogP) is 1.87. The summed E-state index contributed by atoms with van der Waals surface area (Å²) in [5, 5.41) is 33.1. The van der Waals surface area contributed by atoms with Gasteiger partial charge in [0.15, 0.2) is 0 Å². The monoisotopic (exact) mass is 361 g/mol. The third kappa shape index (κ3) is 5.29. The molecule has 0 fully saturated rings. The molecule has 0 spiro atoms. The molecule has 134 valence electrons. The molecule has 0 radical (unpaired) electrons. The van der Waals surface area contributed by atoms with E-state index >= 15 is 0 Å². The van der Waals surface area contributed by atoms with Crippen LogP contribution in [-0.2, 0) is 4.74 Å². The van der Waals surface area contributed by atoms with E-state index in [0.717, 1.165) is 6.20 Å². The molecule has 24 heavy (non-hydrogen) atoms. The highest BCUT2D eigenvalue weighted by atomic mass is 35.5. The van der Waals surface area contributed by atoms with Crippen molar-refractivity contribution >= 4 is 23.4 Å². The van der Waals surface area contributed by atoms with Gasteiger partial charge in [-0.1, -0.05) is 11.6 Å². The largest absolute Gasteiger partial charge is 0.444 e. The summed E-state index contributed by atoms with van der Waals surface area (Å²) in [5.41, 5.74) is -1.01. The maximum absolute atomic E-state index is 11.5. The molecule has 1 aromatic rings. The number of carbonyl (C=O) groups excluding carboxylic acids is 1. The average Bonchev–Trinajstić information content (AvgIpc) is 2.42. The lowest BCUT2D eigenvalue weighted by molar-refractivity contribution is -0.385. The molecule has 0 aliphatic carbocycles. The SMILES string of the molecule is Cc1c(C(O)C(O)CNC(=O)OC(C)(C)C)cnc(Cl)c1[N+](=O)[O-]. The Kier molecular flexibility index (Phi) is 6.47. The lowest BCUT2D eigenvalue weighted by Crippen LogP contribution is -2.39. The molecule has 0 saturated carbocycles. The summed E-state index contributed by atoms with van der Waals surface area (Å²) in [6.45, 7) is 6.11. The van der Waals surface area contributed by atoms with Crippen LogP contribution in [0.25, 0.3) is 0 Å². The highest BCUT2D eigenvalue weighted by Gasteiger charge is 2.28. The van der Waals surface area contributed by atoms with Crippen LogP contribution < -0.4 is 5.32 Å². The Morgan fingerprint density at radius 1 is 1.50 bits per heavy atom. The molecular formula is C14H20ClN3O6. The number of hydrogen-bond acceptors (Lipinski definition) is 7. The number of hydrogen-bond donors (Lipinski definition) is 3. The van der Waals surface area contributed by atoms with E-state index in [4.69, 9.17) is 16.3 Å². The summed E-state index contributed by atoms with van der Waals surface area (Å²) in [5.74, 6) is 0. The number of carbonyl (C=O) groups is 1. The van der Waals surface area contributed by atoms with Gasteiger partial charge in [0.2, 0.25) is 5.15 Å². The van der Waals surface area contributed by atoms with E-state index < -0.39 is 34.5 Å². The first kappa shape index (κ1) is 20.1. The van der Waals surface area contributed by atoms with E-state index in [1.807, 2.05) is 0 Å². The van der Waals surface area contributed by atoms with Gasteiger partial charge >= 0.3 is 11.8 Å². The fourth-order valence-corrected chi connectivity index (χ4v) is 2.17. The van der Waals surface area contributed by atoms with Crippen molar-refractivity contribution in [1.82, 2.24) is 10.3 Å². The smallest absolute Gasteiger partial charge is 0.407 e. The number of pyridine rings is 1. The van der Waals surface area contributed by atoms with Crippen molar-refractivity contribution in [3.05, 3.63) is 32.6 Å². The van der Waals surface area contributed by atoms with Gasteiger partial charge in [0.1, 0.15) is 17.8 Å². The first-order valence-electron chi connectivity index (χ1n) is 7.06. The molecule has 1 aromatic heterocycles. The summed E-state index contributed by atoms with van der Waals surface area (Å²) in [4.78, 5) is 25.5. The minimum Gasteiger partial charge on any atom is -0.444 e.